The SMILES string of the molecule is CCN(C)CCOC(F)(F)F. The van der Waals surface area contributed by atoms with E-state index >= 15 is 0 Å². The molecule has 0 aromatic heterocycles. The largest absolute Gasteiger partial charge is 0.522 e. The van der Waals surface area contributed by atoms with Gasteiger partial charge in [-0.25, -0.2) is 0 Å². The summed E-state index contributed by atoms with van der Waals surface area (Å²) in [5.74, 6) is 0. The van der Waals surface area contributed by atoms with Crippen molar-refractivity contribution in [2.75, 3.05) is 26.7 Å². The lowest BCUT2D eigenvalue weighted by Crippen LogP contribution is -2.26. The molecule has 68 valence electrons. The zero-order valence-corrected chi connectivity index (χ0v) is 6.61. The molecule has 0 heterocycles. The topological polar surface area (TPSA) is 12.5 Å². The highest BCUT2D eigenvalue weighted by Gasteiger charge is 2.28. The summed E-state index contributed by atoms with van der Waals surface area (Å²) in [6.45, 7) is 2.60. The third-order valence-electron chi connectivity index (χ3n) is 1.28. The van der Waals surface area contributed by atoms with Gasteiger partial charge in [-0.3, -0.25) is 4.74 Å². The van der Waals surface area contributed by atoms with Gasteiger partial charge in [-0.2, -0.15) is 0 Å². The minimum Gasteiger partial charge on any atom is -0.304 e. The Morgan fingerprint density at radius 1 is 1.36 bits per heavy atom. The van der Waals surface area contributed by atoms with Crippen molar-refractivity contribution < 1.29 is 17.9 Å². The number of hydrogen-bond donors (Lipinski definition) is 0. The van der Waals surface area contributed by atoms with Crippen LogP contribution in [0.1, 0.15) is 6.92 Å². The summed E-state index contributed by atoms with van der Waals surface area (Å²) >= 11 is 0. The first-order valence-corrected chi connectivity index (χ1v) is 3.35. The van der Waals surface area contributed by atoms with Gasteiger partial charge in [0.05, 0.1) is 6.61 Å². The molecule has 0 atom stereocenters. The number of hydrogen-bond acceptors (Lipinski definition) is 2. The summed E-state index contributed by atoms with van der Waals surface area (Å²) in [4.78, 5) is 1.74. The number of halogens is 3. The highest BCUT2D eigenvalue weighted by atomic mass is 19.4. The van der Waals surface area contributed by atoms with Crippen molar-refractivity contribution in [3.05, 3.63) is 0 Å². The number of ether oxygens (including phenoxy) is 1. The van der Waals surface area contributed by atoms with Crippen molar-refractivity contribution in [1.82, 2.24) is 4.90 Å². The van der Waals surface area contributed by atoms with E-state index in [1.807, 2.05) is 6.92 Å². The summed E-state index contributed by atoms with van der Waals surface area (Å²) in [6.07, 6.45) is -4.49. The number of alkyl halides is 3. The molecule has 0 N–H and O–H groups in total. The van der Waals surface area contributed by atoms with Crippen LogP contribution in [-0.4, -0.2) is 38.0 Å². The molecule has 0 aliphatic rings. The van der Waals surface area contributed by atoms with Crippen molar-refractivity contribution in [3.8, 4) is 0 Å². The van der Waals surface area contributed by atoms with E-state index in [2.05, 4.69) is 4.74 Å². The Labute approximate surface area is 63.9 Å². The molecule has 0 unspecified atom stereocenters. The van der Waals surface area contributed by atoms with E-state index in [4.69, 9.17) is 0 Å². The number of likely N-dealkylation sites (N-methyl/N-ethyl adjacent to an activating group) is 1. The van der Waals surface area contributed by atoms with Crippen molar-refractivity contribution >= 4 is 0 Å². The van der Waals surface area contributed by atoms with Gasteiger partial charge in [0.25, 0.3) is 0 Å². The Kier molecular flexibility index (Phi) is 4.44. The molecule has 0 aliphatic carbocycles. The zero-order valence-electron chi connectivity index (χ0n) is 6.61. The van der Waals surface area contributed by atoms with E-state index in [9.17, 15) is 13.2 Å². The average molecular weight is 171 g/mol. The second-order valence-corrected chi connectivity index (χ2v) is 2.19. The Balaban J connectivity index is 3.28. The Hall–Kier alpha value is -0.290. The zero-order chi connectivity index (χ0) is 8.91. The van der Waals surface area contributed by atoms with Crippen molar-refractivity contribution in [1.29, 1.82) is 0 Å². The lowest BCUT2D eigenvalue weighted by atomic mass is 10.5. The van der Waals surface area contributed by atoms with Crippen molar-refractivity contribution in [3.63, 3.8) is 0 Å². The molecule has 0 aliphatic heterocycles. The quantitative estimate of drug-likeness (QED) is 0.635. The molecule has 0 aromatic rings. The van der Waals surface area contributed by atoms with Crippen LogP contribution in [0.4, 0.5) is 13.2 Å². The van der Waals surface area contributed by atoms with E-state index in [0.717, 1.165) is 6.54 Å². The van der Waals surface area contributed by atoms with Crippen LogP contribution >= 0.6 is 0 Å². The third kappa shape index (κ3) is 7.61. The van der Waals surface area contributed by atoms with Crippen LogP contribution in [0.3, 0.4) is 0 Å². The first-order valence-electron chi connectivity index (χ1n) is 3.35. The average Bonchev–Trinajstić information content (AvgIpc) is 1.85. The van der Waals surface area contributed by atoms with Gasteiger partial charge in [-0.05, 0) is 13.6 Å². The molecule has 0 rings (SSSR count). The van der Waals surface area contributed by atoms with Crippen LogP contribution in [0, 0.1) is 0 Å². The minimum atomic E-state index is -4.49. The minimum absolute atomic E-state index is 0.298. The van der Waals surface area contributed by atoms with Gasteiger partial charge >= 0.3 is 6.36 Å². The summed E-state index contributed by atoms with van der Waals surface area (Å²) in [5, 5.41) is 0. The van der Waals surface area contributed by atoms with Gasteiger partial charge in [0, 0.05) is 6.54 Å². The summed E-state index contributed by atoms with van der Waals surface area (Å²) < 4.78 is 37.7. The fraction of sp³-hybridized carbons (Fsp3) is 1.00. The monoisotopic (exact) mass is 171 g/mol. The predicted molar refractivity (Wildman–Crippen MR) is 35.2 cm³/mol. The lowest BCUT2D eigenvalue weighted by molar-refractivity contribution is -0.324. The van der Waals surface area contributed by atoms with E-state index in [-0.39, 0.29) is 6.61 Å². The normalized spacial score (nSPS) is 12.5. The maximum absolute atomic E-state index is 11.4. The predicted octanol–water partition coefficient (Wildman–Crippen LogP) is 1.47. The van der Waals surface area contributed by atoms with E-state index in [1.165, 1.54) is 0 Å². The number of rotatable bonds is 4. The second kappa shape index (κ2) is 4.56. The van der Waals surface area contributed by atoms with E-state index in [1.54, 1.807) is 11.9 Å². The van der Waals surface area contributed by atoms with Gasteiger partial charge in [0.15, 0.2) is 0 Å². The summed E-state index contributed by atoms with van der Waals surface area (Å²) in [6, 6.07) is 0. The van der Waals surface area contributed by atoms with Gasteiger partial charge < -0.3 is 4.90 Å². The molecule has 0 radical (unpaired) electrons. The molecule has 0 saturated carbocycles. The van der Waals surface area contributed by atoms with E-state index < -0.39 is 6.36 Å². The molecular weight excluding hydrogens is 159 g/mol. The molecule has 5 heteroatoms. The van der Waals surface area contributed by atoms with E-state index in [0.29, 0.717) is 6.54 Å². The highest BCUT2D eigenvalue weighted by Crippen LogP contribution is 2.15. The van der Waals surface area contributed by atoms with Crippen molar-refractivity contribution in [2.24, 2.45) is 0 Å². The van der Waals surface area contributed by atoms with Gasteiger partial charge in [0.2, 0.25) is 0 Å². The fourth-order valence-corrected chi connectivity index (χ4v) is 0.475. The molecule has 2 nitrogen and oxygen atoms in total. The standard InChI is InChI=1S/C6H12F3NO/c1-3-10(2)4-5-11-6(7,8)9/h3-5H2,1-2H3. The van der Waals surface area contributed by atoms with Crippen LogP contribution in [0.25, 0.3) is 0 Å². The van der Waals surface area contributed by atoms with Gasteiger partial charge in [0.1, 0.15) is 0 Å². The maximum Gasteiger partial charge on any atom is 0.522 e. The molecule has 0 aromatic carbocycles. The van der Waals surface area contributed by atoms with Crippen LogP contribution in [0.2, 0.25) is 0 Å². The molecule has 0 bridgehead atoms. The molecule has 0 fully saturated rings. The molecule has 0 spiro atoms. The van der Waals surface area contributed by atoms with Gasteiger partial charge in [-0.1, -0.05) is 6.92 Å². The number of nitrogens with zero attached hydrogens (tertiary/aromatic N) is 1. The second-order valence-electron chi connectivity index (χ2n) is 2.19. The van der Waals surface area contributed by atoms with Crippen molar-refractivity contribution in [2.45, 2.75) is 13.3 Å². The van der Waals surface area contributed by atoms with Crippen LogP contribution in [-0.2, 0) is 4.74 Å². The molecular formula is C6H12F3NO. The molecule has 11 heavy (non-hydrogen) atoms. The highest BCUT2D eigenvalue weighted by molar-refractivity contribution is 4.45. The first kappa shape index (κ1) is 10.7. The van der Waals surface area contributed by atoms with Gasteiger partial charge in [-0.15, -0.1) is 13.2 Å². The smallest absolute Gasteiger partial charge is 0.304 e. The van der Waals surface area contributed by atoms with Crippen LogP contribution in [0.5, 0.6) is 0 Å². The fourth-order valence-electron chi connectivity index (χ4n) is 0.475. The first-order chi connectivity index (χ1) is 4.95. The van der Waals surface area contributed by atoms with Crippen LogP contribution in [0.15, 0.2) is 0 Å². The van der Waals surface area contributed by atoms with Crippen LogP contribution < -0.4 is 0 Å². The molecule has 0 amide bonds. The Morgan fingerprint density at radius 3 is 2.27 bits per heavy atom. The maximum atomic E-state index is 11.4. The lowest BCUT2D eigenvalue weighted by Gasteiger charge is -2.14. The Bertz CT molecular complexity index is 104. The molecule has 0 saturated heterocycles. The Morgan fingerprint density at radius 2 is 1.91 bits per heavy atom. The summed E-state index contributed by atoms with van der Waals surface area (Å²) in [7, 11) is 1.74. The third-order valence-corrected chi connectivity index (χ3v) is 1.28. The summed E-state index contributed by atoms with van der Waals surface area (Å²) in [5.41, 5.74) is 0.